The normalized spacial score (nSPS) is 26.4. The Balaban J connectivity index is 1.65. The molecule has 1 fully saturated rings. The predicted molar refractivity (Wildman–Crippen MR) is 110 cm³/mol. The first-order chi connectivity index (χ1) is 13.8. The molecule has 0 spiro atoms. The minimum Gasteiger partial charge on any atom is -0.394 e. The summed E-state index contributed by atoms with van der Waals surface area (Å²) in [6.45, 7) is -1.22. The van der Waals surface area contributed by atoms with E-state index in [2.05, 4.69) is 42.9 Å². The molecular formula is C17H17ClIN5O4. The second-order valence-corrected chi connectivity index (χ2v) is 7.85. The van der Waals surface area contributed by atoms with Crippen LogP contribution < -0.4 is 5.32 Å². The minimum atomic E-state index is -1.71. The number of nitrogens with zero attached hydrogens (tertiary/aromatic N) is 4. The Morgan fingerprint density at radius 2 is 2.14 bits per heavy atom. The summed E-state index contributed by atoms with van der Waals surface area (Å²) in [6.07, 6.45) is -3.78. The number of fused-ring (bicyclic) bond motifs is 1. The van der Waals surface area contributed by atoms with Gasteiger partial charge < -0.3 is 25.4 Å². The van der Waals surface area contributed by atoms with Crippen molar-refractivity contribution in [2.24, 2.45) is 0 Å². The number of nitrogens with one attached hydrogen (secondary N) is 1. The quantitative estimate of drug-likeness (QED) is 0.294. The zero-order chi connectivity index (χ0) is 20.7. The lowest BCUT2D eigenvalue weighted by atomic mass is 10.1. The van der Waals surface area contributed by atoms with Gasteiger partial charge in [-0.05, 0) is 51.9 Å². The first-order valence-corrected chi connectivity index (χ1v) is 9.81. The van der Waals surface area contributed by atoms with Crippen LogP contribution in [0.25, 0.3) is 11.2 Å². The summed E-state index contributed by atoms with van der Waals surface area (Å²) < 4.78 is 15.4. The van der Waals surface area contributed by atoms with Crippen molar-refractivity contribution in [3.05, 3.63) is 45.0 Å². The molecule has 148 valence electrons. The number of halogens is 2. The minimum absolute atomic E-state index is 0.0329. The van der Waals surface area contributed by atoms with E-state index in [0.717, 1.165) is 9.13 Å². The van der Waals surface area contributed by atoms with Gasteiger partial charge in [0.25, 0.3) is 0 Å². The Morgan fingerprint density at radius 3 is 2.86 bits per heavy atom. The number of benzene rings is 1. The molecule has 1 saturated heterocycles. The number of aliphatic hydroxyl groups excluding tert-OH is 3. The topological polar surface area (TPSA) is 126 Å². The van der Waals surface area contributed by atoms with Crippen LogP contribution >= 0.6 is 34.2 Å². The smallest absolute Gasteiger partial charge is 0.226 e. The molecule has 0 saturated carbocycles. The van der Waals surface area contributed by atoms with Gasteiger partial charge in [0.2, 0.25) is 5.28 Å². The molecule has 1 unspecified atom stereocenters. The van der Waals surface area contributed by atoms with Gasteiger partial charge >= 0.3 is 0 Å². The molecule has 1 aliphatic rings. The summed E-state index contributed by atoms with van der Waals surface area (Å²) >= 11 is 8.32. The zero-order valence-electron chi connectivity index (χ0n) is 15.3. The van der Waals surface area contributed by atoms with E-state index in [1.807, 2.05) is 24.3 Å². The first-order valence-electron chi connectivity index (χ1n) is 8.93. The van der Waals surface area contributed by atoms with Crippen molar-refractivity contribution in [1.82, 2.24) is 19.5 Å². The highest BCUT2D eigenvalue weighted by atomic mass is 127. The largest absolute Gasteiger partial charge is 0.394 e. The van der Waals surface area contributed by atoms with E-state index < -0.39 is 31.1 Å². The second-order valence-electron chi connectivity index (χ2n) is 6.27. The van der Waals surface area contributed by atoms with Gasteiger partial charge in [-0.1, -0.05) is 12.1 Å². The molecule has 0 radical (unpaired) electrons. The molecule has 4 N–H and O–H groups in total. The van der Waals surface area contributed by atoms with Crippen molar-refractivity contribution in [3.8, 4) is 0 Å². The van der Waals surface area contributed by atoms with E-state index in [1.54, 1.807) is 0 Å². The maximum Gasteiger partial charge on any atom is 0.226 e. The lowest BCUT2D eigenvalue weighted by molar-refractivity contribution is -0.0511. The molecule has 0 aliphatic carbocycles. The van der Waals surface area contributed by atoms with Crippen LogP contribution in [0, 0.1) is 3.57 Å². The Labute approximate surface area is 179 Å². The zero-order valence-corrected chi connectivity index (χ0v) is 17.2. The molecule has 5 atom stereocenters. The van der Waals surface area contributed by atoms with Gasteiger partial charge in [-0.3, -0.25) is 4.57 Å². The first kappa shape index (κ1) is 18.5. The molecule has 28 heavy (non-hydrogen) atoms. The molecule has 0 amide bonds. The van der Waals surface area contributed by atoms with Crippen LogP contribution in [-0.4, -0.2) is 59.7 Å². The van der Waals surface area contributed by atoms with Gasteiger partial charge in [0.1, 0.15) is 18.3 Å². The number of aliphatic hydroxyl groups is 3. The Morgan fingerprint density at radius 1 is 1.32 bits per heavy atom. The van der Waals surface area contributed by atoms with E-state index in [9.17, 15) is 15.3 Å². The highest BCUT2D eigenvalue weighted by molar-refractivity contribution is 14.1. The molecular weight excluding hydrogens is 501 g/mol. The molecule has 3 aromatic rings. The van der Waals surface area contributed by atoms with Gasteiger partial charge in [-0.2, -0.15) is 9.97 Å². The van der Waals surface area contributed by atoms with Crippen molar-refractivity contribution < 1.29 is 21.4 Å². The molecule has 0 bridgehead atoms. The molecule has 9 nitrogen and oxygen atoms in total. The van der Waals surface area contributed by atoms with Crippen LogP contribution in [0.2, 0.25) is 5.28 Å². The fourth-order valence-corrected chi connectivity index (χ4v) is 3.84. The van der Waals surface area contributed by atoms with Crippen LogP contribution in [0.1, 0.15) is 13.2 Å². The maximum absolute atomic E-state index is 10.3. The third-order valence-corrected chi connectivity index (χ3v) is 5.28. The molecule has 1 aliphatic heterocycles. The van der Waals surface area contributed by atoms with E-state index in [-0.39, 0.29) is 10.9 Å². The highest BCUT2D eigenvalue weighted by Crippen LogP contribution is 2.32. The third kappa shape index (κ3) is 3.67. The third-order valence-electron chi connectivity index (χ3n) is 4.44. The molecule has 4 rings (SSSR count). The monoisotopic (exact) mass is 518 g/mol. The number of ether oxygens (including phenoxy) is 1. The Bertz CT molecular complexity index is 1040. The number of rotatable bonds is 5. The summed E-state index contributed by atoms with van der Waals surface area (Å²) in [4.78, 5) is 12.7. The summed E-state index contributed by atoms with van der Waals surface area (Å²) in [7, 11) is 0. The second kappa shape index (κ2) is 8.05. The SMILES string of the molecule is [2H]C(O)[C@H]1O[C@@H](n2cnc3c(NCc4cccc(I)c4)nc(Cl)nc32)[C@H](O)[C@@H]1O. The molecule has 11 heteroatoms. The number of hydrogen-bond acceptors (Lipinski definition) is 8. The van der Waals surface area contributed by atoms with Crippen molar-refractivity contribution in [2.75, 3.05) is 11.9 Å². The average molecular weight is 519 g/mol. The summed E-state index contributed by atoms with van der Waals surface area (Å²) in [6, 6.07) is 7.96. The number of aromatic nitrogens is 4. The Hall–Kier alpha value is -1.57. The Kier molecular flexibility index (Phi) is 5.30. The lowest BCUT2D eigenvalue weighted by Gasteiger charge is -2.16. The number of anilines is 1. The van der Waals surface area contributed by atoms with E-state index >= 15 is 0 Å². The molecule has 3 heterocycles. The van der Waals surface area contributed by atoms with Crippen LogP contribution in [0.15, 0.2) is 30.6 Å². The lowest BCUT2D eigenvalue weighted by Crippen LogP contribution is -2.33. The van der Waals surface area contributed by atoms with Gasteiger partial charge in [-0.25, -0.2) is 4.98 Å². The predicted octanol–water partition coefficient (Wildman–Crippen LogP) is 1.31. The van der Waals surface area contributed by atoms with Gasteiger partial charge in [0, 0.05) is 10.1 Å². The van der Waals surface area contributed by atoms with Crippen LogP contribution in [0.4, 0.5) is 5.82 Å². The summed E-state index contributed by atoms with van der Waals surface area (Å²) in [5.41, 5.74) is 1.73. The summed E-state index contributed by atoms with van der Waals surface area (Å²) in [5.74, 6) is 0.405. The van der Waals surface area contributed by atoms with Crippen molar-refractivity contribution in [1.29, 1.82) is 0 Å². The standard InChI is InChI=1S/C17H17ClIN5O4/c18-17-22-14(20-5-8-2-1-3-9(19)4-8)11-15(23-17)24(7-21-11)16-13(27)12(26)10(6-25)28-16/h1-4,7,10,12-13,16,25-27H,5-6H2,(H,20,22,23)/t10-,12-,13-,16-/m1/s1/i6D/t6?,10-,12-,13-,16-. The van der Waals surface area contributed by atoms with Crippen LogP contribution in [0.5, 0.6) is 0 Å². The number of hydrogen-bond donors (Lipinski definition) is 4. The maximum atomic E-state index is 10.3. The molecule has 1 aromatic carbocycles. The van der Waals surface area contributed by atoms with E-state index in [0.29, 0.717) is 17.9 Å². The van der Waals surface area contributed by atoms with Crippen molar-refractivity contribution >= 4 is 51.2 Å². The van der Waals surface area contributed by atoms with Gasteiger partial charge in [0.15, 0.2) is 23.2 Å². The number of imidazole rings is 1. The van der Waals surface area contributed by atoms with Crippen molar-refractivity contribution in [2.45, 2.75) is 31.1 Å². The fraction of sp³-hybridized carbons (Fsp3) is 0.353. The van der Waals surface area contributed by atoms with Gasteiger partial charge in [-0.15, -0.1) is 0 Å². The van der Waals surface area contributed by atoms with E-state index in [1.165, 1.54) is 10.9 Å². The average Bonchev–Trinajstić information content (AvgIpc) is 3.21. The van der Waals surface area contributed by atoms with Gasteiger partial charge in [0.05, 0.1) is 14.3 Å². The molecule has 2 aromatic heterocycles. The van der Waals surface area contributed by atoms with Crippen LogP contribution in [-0.2, 0) is 11.3 Å². The van der Waals surface area contributed by atoms with E-state index in [4.69, 9.17) is 17.7 Å². The fourth-order valence-electron chi connectivity index (χ4n) is 3.07. The highest BCUT2D eigenvalue weighted by Gasteiger charge is 2.44. The summed E-state index contributed by atoms with van der Waals surface area (Å²) in [5, 5.41) is 33.0. The van der Waals surface area contributed by atoms with Crippen molar-refractivity contribution in [3.63, 3.8) is 0 Å². The van der Waals surface area contributed by atoms with Crippen LogP contribution in [0.3, 0.4) is 0 Å².